The minimum absolute atomic E-state index is 0.141. The van der Waals surface area contributed by atoms with E-state index in [-0.39, 0.29) is 35.5 Å². The number of halogens is 2. The molecule has 6 nitrogen and oxygen atoms in total. The third-order valence-corrected chi connectivity index (χ3v) is 7.81. The molecule has 2 N–H and O–H groups in total. The third kappa shape index (κ3) is 3.99. The Kier molecular flexibility index (Phi) is 5.17. The van der Waals surface area contributed by atoms with Gasteiger partial charge < -0.3 is 15.2 Å². The highest BCUT2D eigenvalue weighted by atomic mass is 32.1. The standard InChI is InChI=1S/C26H22F2N4O2S/c1-13-30-23(24(35-13)14-3-2-4-17(27)7-14)26(34)32-19(9-16-11-22(16)32)12-29-25(33)21-10-15-8-18(28)5-6-20(15)31-21/h2-8,10,16,19,22,31H,9,11-12H2,1H3,(H,29,33)/t16?,19-,22?/m0/s1. The van der Waals surface area contributed by atoms with Gasteiger partial charge in [0.15, 0.2) is 0 Å². The summed E-state index contributed by atoms with van der Waals surface area (Å²) in [7, 11) is 0. The second-order valence-corrected chi connectivity index (χ2v) is 10.4. The summed E-state index contributed by atoms with van der Waals surface area (Å²) in [5.41, 5.74) is 1.99. The van der Waals surface area contributed by atoms with Crippen LogP contribution in [-0.4, -0.2) is 45.3 Å². The Morgan fingerprint density at radius 1 is 1.14 bits per heavy atom. The largest absolute Gasteiger partial charge is 0.351 e. The number of carbonyl (C=O) groups is 2. The molecule has 6 rings (SSSR count). The smallest absolute Gasteiger partial charge is 0.274 e. The number of aryl methyl sites for hydroxylation is 1. The van der Waals surface area contributed by atoms with Crippen molar-refractivity contribution in [3.8, 4) is 10.4 Å². The van der Waals surface area contributed by atoms with E-state index >= 15 is 0 Å². The molecule has 2 unspecified atom stereocenters. The van der Waals surface area contributed by atoms with Crippen LogP contribution in [0.25, 0.3) is 21.3 Å². The molecule has 2 fully saturated rings. The Labute approximate surface area is 204 Å². The van der Waals surface area contributed by atoms with Crippen molar-refractivity contribution in [2.75, 3.05) is 6.54 Å². The lowest BCUT2D eigenvalue weighted by Gasteiger charge is -2.27. The molecule has 1 aliphatic carbocycles. The van der Waals surface area contributed by atoms with Gasteiger partial charge in [-0.3, -0.25) is 9.59 Å². The average molecular weight is 493 g/mol. The number of nitrogens with zero attached hydrogens (tertiary/aromatic N) is 2. The molecule has 35 heavy (non-hydrogen) atoms. The molecule has 0 bridgehead atoms. The lowest BCUT2D eigenvalue weighted by atomic mass is 10.1. The van der Waals surface area contributed by atoms with E-state index in [1.54, 1.807) is 24.3 Å². The fraction of sp³-hybridized carbons (Fsp3) is 0.269. The summed E-state index contributed by atoms with van der Waals surface area (Å²) in [5, 5.41) is 4.29. The molecule has 2 amide bonds. The van der Waals surface area contributed by atoms with Crippen molar-refractivity contribution in [3.63, 3.8) is 0 Å². The number of fused-ring (bicyclic) bond motifs is 2. The number of aromatic nitrogens is 2. The maximum atomic E-state index is 13.9. The molecular weight excluding hydrogens is 470 g/mol. The summed E-state index contributed by atoms with van der Waals surface area (Å²) in [6.07, 6.45) is 1.76. The number of amides is 2. The van der Waals surface area contributed by atoms with Crippen molar-refractivity contribution in [2.45, 2.75) is 31.8 Å². The minimum Gasteiger partial charge on any atom is -0.351 e. The lowest BCUT2D eigenvalue weighted by molar-refractivity contribution is 0.0684. The number of aromatic amines is 1. The number of hydrogen-bond acceptors (Lipinski definition) is 4. The summed E-state index contributed by atoms with van der Waals surface area (Å²) in [5.74, 6) is -0.791. The molecule has 0 radical (unpaired) electrons. The molecule has 4 aromatic rings. The molecule has 3 heterocycles. The summed E-state index contributed by atoms with van der Waals surface area (Å²) < 4.78 is 27.3. The molecule has 1 saturated carbocycles. The van der Waals surface area contributed by atoms with Crippen molar-refractivity contribution < 1.29 is 18.4 Å². The van der Waals surface area contributed by atoms with E-state index in [1.807, 2.05) is 11.8 Å². The average Bonchev–Trinajstić information content (AvgIpc) is 3.17. The first-order chi connectivity index (χ1) is 16.9. The van der Waals surface area contributed by atoms with Gasteiger partial charge >= 0.3 is 0 Å². The molecular formula is C26H22F2N4O2S. The van der Waals surface area contributed by atoms with Crippen LogP contribution in [0.1, 0.15) is 38.8 Å². The van der Waals surface area contributed by atoms with E-state index in [1.165, 1.54) is 35.6 Å². The highest BCUT2D eigenvalue weighted by Crippen LogP contribution is 2.48. The minimum atomic E-state index is -0.365. The normalized spacial score (nSPS) is 20.8. The van der Waals surface area contributed by atoms with Gasteiger partial charge in [0.05, 0.1) is 15.9 Å². The predicted molar refractivity (Wildman–Crippen MR) is 129 cm³/mol. The molecule has 2 aliphatic rings. The SMILES string of the molecule is Cc1nc(C(=O)N2C3CC3C[C@H]2CNC(=O)c2cc3cc(F)ccc3[nH]2)c(-c2cccc(F)c2)s1. The second kappa shape index (κ2) is 8.27. The fourth-order valence-corrected chi connectivity index (χ4v) is 6.02. The van der Waals surface area contributed by atoms with Crippen molar-refractivity contribution >= 4 is 34.1 Å². The van der Waals surface area contributed by atoms with Crippen LogP contribution in [0.3, 0.4) is 0 Å². The van der Waals surface area contributed by atoms with Gasteiger partial charge in [0, 0.05) is 23.5 Å². The van der Waals surface area contributed by atoms with Gasteiger partial charge in [-0.05, 0) is 67.6 Å². The summed E-state index contributed by atoms with van der Waals surface area (Å²) >= 11 is 1.37. The Hall–Kier alpha value is -3.59. The van der Waals surface area contributed by atoms with Crippen molar-refractivity contribution in [2.24, 2.45) is 5.92 Å². The van der Waals surface area contributed by atoms with Gasteiger partial charge in [0.2, 0.25) is 0 Å². The van der Waals surface area contributed by atoms with Crippen LogP contribution in [-0.2, 0) is 0 Å². The molecule has 1 aliphatic heterocycles. The second-order valence-electron chi connectivity index (χ2n) is 9.21. The van der Waals surface area contributed by atoms with Crippen LogP contribution >= 0.6 is 11.3 Å². The number of hydrogen-bond donors (Lipinski definition) is 2. The van der Waals surface area contributed by atoms with Crippen molar-refractivity contribution in [1.29, 1.82) is 0 Å². The molecule has 2 aromatic heterocycles. The molecule has 1 saturated heterocycles. The van der Waals surface area contributed by atoms with Gasteiger partial charge in [-0.25, -0.2) is 13.8 Å². The predicted octanol–water partition coefficient (Wildman–Crippen LogP) is 4.91. The number of thiazole rings is 1. The van der Waals surface area contributed by atoms with Crippen LogP contribution in [0.4, 0.5) is 8.78 Å². The quantitative estimate of drug-likeness (QED) is 0.416. The van der Waals surface area contributed by atoms with Crippen molar-refractivity contribution in [3.05, 3.63) is 76.6 Å². The van der Waals surface area contributed by atoms with E-state index in [4.69, 9.17) is 0 Å². The zero-order valence-corrected chi connectivity index (χ0v) is 19.7. The number of likely N-dealkylation sites (tertiary alicyclic amines) is 1. The fourth-order valence-electron chi connectivity index (χ4n) is 5.11. The zero-order valence-electron chi connectivity index (χ0n) is 18.8. The van der Waals surface area contributed by atoms with E-state index in [0.29, 0.717) is 45.2 Å². The third-order valence-electron chi connectivity index (χ3n) is 6.79. The van der Waals surface area contributed by atoms with E-state index in [0.717, 1.165) is 17.8 Å². The highest BCUT2D eigenvalue weighted by molar-refractivity contribution is 7.15. The molecule has 0 spiro atoms. The maximum Gasteiger partial charge on any atom is 0.274 e. The van der Waals surface area contributed by atoms with E-state index in [9.17, 15) is 18.4 Å². The monoisotopic (exact) mass is 492 g/mol. The van der Waals surface area contributed by atoms with Crippen LogP contribution in [0.5, 0.6) is 0 Å². The molecule has 3 atom stereocenters. The highest BCUT2D eigenvalue weighted by Gasteiger charge is 2.54. The van der Waals surface area contributed by atoms with Crippen molar-refractivity contribution in [1.82, 2.24) is 20.2 Å². The van der Waals surface area contributed by atoms with Gasteiger partial charge in [-0.2, -0.15) is 0 Å². The van der Waals surface area contributed by atoms with Crippen LogP contribution in [0.15, 0.2) is 48.5 Å². The number of piperidine rings is 1. The van der Waals surface area contributed by atoms with Gasteiger partial charge in [0.1, 0.15) is 23.0 Å². The maximum absolute atomic E-state index is 13.9. The van der Waals surface area contributed by atoms with Crippen LogP contribution in [0.2, 0.25) is 0 Å². The first-order valence-electron chi connectivity index (χ1n) is 11.5. The molecule has 178 valence electrons. The number of rotatable bonds is 5. The molecule has 2 aromatic carbocycles. The topological polar surface area (TPSA) is 78.1 Å². The van der Waals surface area contributed by atoms with Gasteiger partial charge in [-0.1, -0.05) is 12.1 Å². The van der Waals surface area contributed by atoms with Gasteiger partial charge in [-0.15, -0.1) is 11.3 Å². The summed E-state index contributed by atoms with van der Waals surface area (Å²) in [6, 6.07) is 12.1. The Bertz CT molecular complexity index is 1480. The Morgan fingerprint density at radius 3 is 2.80 bits per heavy atom. The van der Waals surface area contributed by atoms with Crippen LogP contribution in [0, 0.1) is 24.5 Å². The summed E-state index contributed by atoms with van der Waals surface area (Å²) in [6.45, 7) is 2.14. The van der Waals surface area contributed by atoms with E-state index < -0.39 is 0 Å². The number of H-pyrrole nitrogens is 1. The summed E-state index contributed by atoms with van der Waals surface area (Å²) in [4.78, 5) is 36.5. The lowest BCUT2D eigenvalue weighted by Crippen LogP contribution is -2.45. The molecule has 9 heteroatoms. The van der Waals surface area contributed by atoms with E-state index in [2.05, 4.69) is 15.3 Å². The zero-order chi connectivity index (χ0) is 24.3. The Morgan fingerprint density at radius 2 is 1.97 bits per heavy atom. The van der Waals surface area contributed by atoms with Gasteiger partial charge in [0.25, 0.3) is 11.8 Å². The number of carbonyl (C=O) groups excluding carboxylic acids is 2. The first kappa shape index (κ1) is 21.9. The first-order valence-corrected chi connectivity index (χ1v) is 12.3. The number of nitrogens with one attached hydrogen (secondary N) is 2. The number of benzene rings is 2. The van der Waals surface area contributed by atoms with Crippen LogP contribution < -0.4 is 5.32 Å². The Balaban J connectivity index is 1.21.